The van der Waals surface area contributed by atoms with Crippen molar-refractivity contribution in [2.75, 3.05) is 26.4 Å². The molecule has 0 bridgehead atoms. The number of carbonyl (C=O) groups is 2. The highest BCUT2D eigenvalue weighted by Crippen LogP contribution is 2.43. The summed E-state index contributed by atoms with van der Waals surface area (Å²) >= 11 is 0. The molecule has 0 amide bonds. The first-order valence-corrected chi connectivity index (χ1v) is 20.5. The molecule has 0 radical (unpaired) electrons. The quantitative estimate of drug-likeness (QED) is 0.0251. The lowest BCUT2D eigenvalue weighted by atomic mass is 10.1. The summed E-state index contributed by atoms with van der Waals surface area (Å²) in [5.74, 6) is -1.13. The average molecular weight is 751 g/mol. The first kappa shape index (κ1) is 49.1. The largest absolute Gasteiger partial charge is 0.472 e. The summed E-state index contributed by atoms with van der Waals surface area (Å²) in [7, 11) is -4.66. The number of aliphatic hydroxyl groups excluding tert-OH is 2. The zero-order valence-electron chi connectivity index (χ0n) is 31.7. The van der Waals surface area contributed by atoms with Crippen LogP contribution in [0, 0.1) is 0 Å². The maximum absolute atomic E-state index is 12.3. The Morgan fingerprint density at radius 3 is 1.42 bits per heavy atom. The molecule has 11 heteroatoms. The number of unbranched alkanes of at least 4 members (excludes halogenated alkanes) is 6. The van der Waals surface area contributed by atoms with Crippen LogP contribution in [0.15, 0.2) is 85.1 Å². The number of phosphoric acid groups is 1. The third kappa shape index (κ3) is 34.2. The maximum Gasteiger partial charge on any atom is 0.472 e. The Hall–Kier alpha value is -2.85. The van der Waals surface area contributed by atoms with Gasteiger partial charge in [-0.05, 0) is 70.6 Å². The standard InChI is InChI=1S/C41H67O10P/c1-3-5-7-9-11-13-15-16-17-18-19-20-21-22-23-25-27-29-31-33-41(45)51-39(35-43)37-49-52(46,47)48-36-38(34-42)50-40(44)32-30-28-26-24-14-12-10-8-6-4-2/h5,7-8,10-11,13,16-17,19-20,22-23,27,29,38-39,42-43H,3-4,6,9,12,14-15,18,21,24-26,28,30-37H2,1-2H3,(H,46,47)/b7-5-,10-8-,13-11-,17-16-,20-19-,23-22-,29-27-. The third-order valence-electron chi connectivity index (χ3n) is 7.34. The van der Waals surface area contributed by atoms with Gasteiger partial charge in [0.25, 0.3) is 0 Å². The number of hydrogen-bond acceptors (Lipinski definition) is 9. The Kier molecular flexibility index (Phi) is 34.5. The molecule has 0 aromatic rings. The van der Waals surface area contributed by atoms with E-state index in [1.807, 2.05) is 18.2 Å². The number of hydrogen-bond donors (Lipinski definition) is 3. The van der Waals surface area contributed by atoms with Gasteiger partial charge in [-0.15, -0.1) is 0 Å². The van der Waals surface area contributed by atoms with Crippen LogP contribution in [0.1, 0.15) is 123 Å². The van der Waals surface area contributed by atoms with Crippen molar-refractivity contribution in [1.82, 2.24) is 0 Å². The second-order valence-corrected chi connectivity index (χ2v) is 13.6. The van der Waals surface area contributed by atoms with Crippen LogP contribution in [0.5, 0.6) is 0 Å². The van der Waals surface area contributed by atoms with E-state index in [2.05, 4.69) is 80.7 Å². The lowest BCUT2D eigenvalue weighted by Gasteiger charge is -2.20. The van der Waals surface area contributed by atoms with Gasteiger partial charge in [0.2, 0.25) is 0 Å². The van der Waals surface area contributed by atoms with E-state index in [9.17, 15) is 29.3 Å². The van der Waals surface area contributed by atoms with Crippen molar-refractivity contribution in [1.29, 1.82) is 0 Å². The number of ether oxygens (including phenoxy) is 2. The minimum absolute atomic E-state index is 0.0617. The van der Waals surface area contributed by atoms with E-state index < -0.39 is 58.4 Å². The minimum atomic E-state index is -4.66. The number of esters is 2. The van der Waals surface area contributed by atoms with Crippen LogP contribution >= 0.6 is 7.82 Å². The molecule has 0 aliphatic rings. The molecule has 0 heterocycles. The lowest BCUT2D eigenvalue weighted by molar-refractivity contribution is -0.153. The molecule has 0 aromatic heterocycles. The van der Waals surface area contributed by atoms with Gasteiger partial charge in [-0.3, -0.25) is 18.6 Å². The molecule has 3 unspecified atom stereocenters. The SMILES string of the molecule is CC/C=C\C/C=C\C/C=C\C/C=C\C/C=C\C/C=C\CCC(=O)OC(CO)COP(=O)(O)OCC(CO)OC(=O)CCCCCCC/C=C\CCC. The highest BCUT2D eigenvalue weighted by Gasteiger charge is 2.27. The highest BCUT2D eigenvalue weighted by atomic mass is 31.2. The topological polar surface area (TPSA) is 149 Å². The zero-order valence-corrected chi connectivity index (χ0v) is 32.6. The van der Waals surface area contributed by atoms with Gasteiger partial charge < -0.3 is 24.6 Å². The van der Waals surface area contributed by atoms with Crippen LogP contribution in [0.25, 0.3) is 0 Å². The molecule has 0 saturated carbocycles. The van der Waals surface area contributed by atoms with E-state index in [1.54, 1.807) is 0 Å². The van der Waals surface area contributed by atoms with Crippen molar-refractivity contribution in [2.45, 2.75) is 135 Å². The second-order valence-electron chi connectivity index (χ2n) is 12.2. The Balaban J connectivity index is 4.12. The average Bonchev–Trinajstić information content (AvgIpc) is 3.13. The molecule has 0 spiro atoms. The lowest BCUT2D eigenvalue weighted by Crippen LogP contribution is -2.28. The van der Waals surface area contributed by atoms with E-state index >= 15 is 0 Å². The van der Waals surface area contributed by atoms with E-state index in [1.165, 1.54) is 0 Å². The van der Waals surface area contributed by atoms with Gasteiger partial charge >= 0.3 is 19.8 Å². The summed E-state index contributed by atoms with van der Waals surface area (Å²) in [5.41, 5.74) is 0. The molecule has 0 saturated heterocycles. The van der Waals surface area contributed by atoms with Crippen LogP contribution in [-0.2, 0) is 32.7 Å². The molecular weight excluding hydrogens is 683 g/mol. The van der Waals surface area contributed by atoms with Crippen LogP contribution in [0.2, 0.25) is 0 Å². The Labute approximate surface area is 313 Å². The molecule has 0 aromatic carbocycles. The first-order valence-electron chi connectivity index (χ1n) is 19.0. The fraction of sp³-hybridized carbons (Fsp3) is 0.610. The molecule has 0 rings (SSSR count). The molecule has 3 N–H and O–H groups in total. The van der Waals surface area contributed by atoms with E-state index in [0.29, 0.717) is 12.8 Å². The van der Waals surface area contributed by atoms with Crippen LogP contribution in [0.4, 0.5) is 0 Å². The fourth-order valence-electron chi connectivity index (χ4n) is 4.43. The van der Waals surface area contributed by atoms with Gasteiger partial charge in [0, 0.05) is 12.8 Å². The summed E-state index contributed by atoms with van der Waals surface area (Å²) in [6.45, 7) is 1.89. The number of rotatable bonds is 34. The summed E-state index contributed by atoms with van der Waals surface area (Å²) in [6.07, 6.45) is 41.6. The third-order valence-corrected chi connectivity index (χ3v) is 8.29. The molecule has 52 heavy (non-hydrogen) atoms. The summed E-state index contributed by atoms with van der Waals surface area (Å²) in [6, 6.07) is 0. The van der Waals surface area contributed by atoms with Crippen molar-refractivity contribution >= 4 is 19.8 Å². The first-order chi connectivity index (χ1) is 25.3. The van der Waals surface area contributed by atoms with Crippen LogP contribution in [0.3, 0.4) is 0 Å². The van der Waals surface area contributed by atoms with Crippen molar-refractivity contribution in [3.63, 3.8) is 0 Å². The van der Waals surface area contributed by atoms with Crippen LogP contribution < -0.4 is 0 Å². The predicted octanol–water partition coefficient (Wildman–Crippen LogP) is 9.49. The van der Waals surface area contributed by atoms with E-state index in [0.717, 1.165) is 83.5 Å². The zero-order chi connectivity index (χ0) is 38.4. The summed E-state index contributed by atoms with van der Waals surface area (Å²) in [5, 5.41) is 19.1. The Morgan fingerprint density at radius 1 is 0.538 bits per heavy atom. The molecule has 0 aliphatic heterocycles. The fourth-order valence-corrected chi connectivity index (χ4v) is 5.22. The van der Waals surface area contributed by atoms with Crippen molar-refractivity contribution in [2.24, 2.45) is 0 Å². The molecule has 0 aliphatic carbocycles. The predicted molar refractivity (Wildman–Crippen MR) is 209 cm³/mol. The summed E-state index contributed by atoms with van der Waals surface area (Å²) in [4.78, 5) is 34.3. The van der Waals surface area contributed by atoms with Gasteiger partial charge in [-0.2, -0.15) is 0 Å². The second kappa shape index (κ2) is 36.5. The molecule has 10 nitrogen and oxygen atoms in total. The number of allylic oxidation sites excluding steroid dienone is 14. The molecule has 296 valence electrons. The van der Waals surface area contributed by atoms with Crippen molar-refractivity contribution in [3.8, 4) is 0 Å². The Morgan fingerprint density at radius 2 is 0.942 bits per heavy atom. The van der Waals surface area contributed by atoms with Crippen molar-refractivity contribution < 1.29 is 47.8 Å². The van der Waals surface area contributed by atoms with E-state index in [4.69, 9.17) is 18.5 Å². The number of phosphoric ester groups is 1. The van der Waals surface area contributed by atoms with Crippen LogP contribution in [-0.4, -0.2) is 65.7 Å². The van der Waals surface area contributed by atoms with E-state index in [-0.39, 0.29) is 12.8 Å². The highest BCUT2D eigenvalue weighted by molar-refractivity contribution is 7.47. The van der Waals surface area contributed by atoms with Crippen molar-refractivity contribution in [3.05, 3.63) is 85.1 Å². The normalized spacial score (nSPS) is 14.9. The van der Waals surface area contributed by atoms with Gasteiger partial charge in [-0.25, -0.2) is 4.57 Å². The smallest absolute Gasteiger partial charge is 0.457 e. The molecule has 0 fully saturated rings. The van der Waals surface area contributed by atoms with Gasteiger partial charge in [0.15, 0.2) is 0 Å². The maximum atomic E-state index is 12.3. The van der Waals surface area contributed by atoms with Gasteiger partial charge in [0.05, 0.1) is 26.4 Å². The molecule has 3 atom stereocenters. The molecular formula is C41H67O10P. The minimum Gasteiger partial charge on any atom is -0.457 e. The number of carbonyl (C=O) groups excluding carboxylic acids is 2. The van der Waals surface area contributed by atoms with Gasteiger partial charge in [0.1, 0.15) is 12.2 Å². The summed E-state index contributed by atoms with van der Waals surface area (Å²) < 4.78 is 32.3. The number of aliphatic hydroxyl groups is 2. The Bertz CT molecular complexity index is 1140. The monoisotopic (exact) mass is 750 g/mol. The van der Waals surface area contributed by atoms with Gasteiger partial charge in [-0.1, -0.05) is 125 Å².